The first-order valence-corrected chi connectivity index (χ1v) is 6.88. The minimum absolute atomic E-state index is 0.202. The normalized spacial score (nSPS) is 11.2. The van der Waals surface area contributed by atoms with Crippen molar-refractivity contribution in [3.63, 3.8) is 0 Å². The monoisotopic (exact) mass is 275 g/mol. The van der Waals surface area contributed by atoms with Crippen LogP contribution in [0, 0.1) is 0 Å². The van der Waals surface area contributed by atoms with Gasteiger partial charge in [0.25, 0.3) is 0 Å². The summed E-state index contributed by atoms with van der Waals surface area (Å²) in [6.45, 7) is 2.48. The summed E-state index contributed by atoms with van der Waals surface area (Å²) >= 11 is 0. The first kappa shape index (κ1) is 16.0. The lowest BCUT2D eigenvalue weighted by Gasteiger charge is -2.08. The van der Waals surface area contributed by atoms with Crippen molar-refractivity contribution >= 4 is 17.4 Å². The van der Waals surface area contributed by atoms with Gasteiger partial charge in [0.15, 0.2) is 0 Å². The van der Waals surface area contributed by atoms with E-state index in [9.17, 15) is 9.59 Å². The van der Waals surface area contributed by atoms with Gasteiger partial charge in [0.05, 0.1) is 12.2 Å². The van der Waals surface area contributed by atoms with Crippen LogP contribution in [-0.2, 0) is 14.3 Å². The fourth-order valence-corrected chi connectivity index (χ4v) is 1.79. The summed E-state index contributed by atoms with van der Waals surface area (Å²) in [5, 5.41) is 0. The molecule has 0 unspecified atom stereocenters. The first-order chi connectivity index (χ1) is 9.65. The van der Waals surface area contributed by atoms with E-state index in [4.69, 9.17) is 10.5 Å². The van der Waals surface area contributed by atoms with Crippen molar-refractivity contribution in [3.05, 3.63) is 42.0 Å². The number of amides is 1. The van der Waals surface area contributed by atoms with Crippen LogP contribution in [0.25, 0.3) is 5.57 Å². The molecule has 0 spiro atoms. The van der Waals surface area contributed by atoms with Crippen LogP contribution in [0.2, 0.25) is 0 Å². The molecule has 1 aromatic carbocycles. The van der Waals surface area contributed by atoms with Crippen molar-refractivity contribution in [2.75, 3.05) is 6.61 Å². The van der Waals surface area contributed by atoms with Gasteiger partial charge in [0.1, 0.15) is 0 Å². The molecule has 2 N–H and O–H groups in total. The fourth-order valence-electron chi connectivity index (χ4n) is 1.79. The van der Waals surface area contributed by atoms with E-state index < -0.39 is 11.9 Å². The van der Waals surface area contributed by atoms with Gasteiger partial charge in [-0.3, -0.25) is 4.79 Å². The average Bonchev–Trinajstić information content (AvgIpc) is 2.45. The second-order valence-corrected chi connectivity index (χ2v) is 4.52. The quantitative estimate of drug-likeness (QED) is 0.450. The van der Waals surface area contributed by atoms with E-state index in [1.54, 1.807) is 24.3 Å². The third-order valence-corrected chi connectivity index (χ3v) is 2.82. The van der Waals surface area contributed by atoms with Gasteiger partial charge < -0.3 is 10.5 Å². The molecule has 0 bridgehead atoms. The number of hydrogen-bond acceptors (Lipinski definition) is 3. The third-order valence-electron chi connectivity index (χ3n) is 2.82. The number of ether oxygens (including phenoxy) is 1. The molecule has 0 heterocycles. The Morgan fingerprint density at radius 1 is 1.15 bits per heavy atom. The van der Waals surface area contributed by atoms with E-state index in [1.807, 2.05) is 6.07 Å². The summed E-state index contributed by atoms with van der Waals surface area (Å²) in [5.74, 6) is -1.17. The van der Waals surface area contributed by atoms with E-state index >= 15 is 0 Å². The van der Waals surface area contributed by atoms with E-state index in [0.717, 1.165) is 31.8 Å². The van der Waals surface area contributed by atoms with Crippen molar-refractivity contribution in [2.45, 2.75) is 32.6 Å². The number of primary amides is 1. The molecule has 0 aliphatic carbocycles. The lowest BCUT2D eigenvalue weighted by atomic mass is 10.1. The Morgan fingerprint density at radius 3 is 2.45 bits per heavy atom. The standard InChI is InChI=1S/C16H21NO3/c1-2-3-4-8-11-20-16(19)14(12-15(17)18)13-9-6-5-7-10-13/h5-7,9-10,12H,2-4,8,11H2,1H3,(H2,17,18). The molecule has 1 amide bonds. The Bertz CT molecular complexity index is 466. The van der Waals surface area contributed by atoms with E-state index in [2.05, 4.69) is 6.92 Å². The van der Waals surface area contributed by atoms with Crippen molar-refractivity contribution < 1.29 is 14.3 Å². The Morgan fingerprint density at radius 2 is 1.85 bits per heavy atom. The van der Waals surface area contributed by atoms with Crippen LogP contribution in [0.15, 0.2) is 36.4 Å². The summed E-state index contributed by atoms with van der Waals surface area (Å²) < 4.78 is 5.19. The van der Waals surface area contributed by atoms with Crippen LogP contribution in [0.3, 0.4) is 0 Å². The molecule has 0 saturated heterocycles. The van der Waals surface area contributed by atoms with Crippen LogP contribution in [0.4, 0.5) is 0 Å². The predicted molar refractivity (Wildman–Crippen MR) is 78.7 cm³/mol. The highest BCUT2D eigenvalue weighted by atomic mass is 16.5. The molecule has 0 aliphatic heterocycles. The number of carbonyl (C=O) groups is 2. The Balaban J connectivity index is 2.66. The Kier molecular flexibility index (Phi) is 7.11. The molecule has 0 saturated carbocycles. The van der Waals surface area contributed by atoms with E-state index in [0.29, 0.717) is 12.2 Å². The second-order valence-electron chi connectivity index (χ2n) is 4.52. The number of benzene rings is 1. The Hall–Kier alpha value is -2.10. The maximum Gasteiger partial charge on any atom is 0.338 e. The van der Waals surface area contributed by atoms with Crippen LogP contribution in [0.5, 0.6) is 0 Å². The maximum atomic E-state index is 12.0. The minimum atomic E-state index is -0.660. The average molecular weight is 275 g/mol. The van der Waals surface area contributed by atoms with Crippen LogP contribution >= 0.6 is 0 Å². The van der Waals surface area contributed by atoms with E-state index in [1.165, 1.54) is 0 Å². The zero-order valence-corrected chi connectivity index (χ0v) is 11.8. The van der Waals surface area contributed by atoms with Crippen LogP contribution in [-0.4, -0.2) is 18.5 Å². The number of esters is 1. The molecule has 0 aromatic heterocycles. The highest BCUT2D eigenvalue weighted by Gasteiger charge is 2.14. The topological polar surface area (TPSA) is 69.4 Å². The largest absolute Gasteiger partial charge is 0.462 e. The summed E-state index contributed by atoms with van der Waals surface area (Å²) in [7, 11) is 0. The van der Waals surface area contributed by atoms with Crippen molar-refractivity contribution in [1.82, 2.24) is 0 Å². The van der Waals surface area contributed by atoms with Gasteiger partial charge in [0, 0.05) is 6.08 Å². The summed E-state index contributed by atoms with van der Waals surface area (Å²) in [6, 6.07) is 8.90. The number of rotatable bonds is 8. The number of unbranched alkanes of at least 4 members (excludes halogenated alkanes) is 3. The molecule has 4 nitrogen and oxygen atoms in total. The zero-order chi connectivity index (χ0) is 14.8. The van der Waals surface area contributed by atoms with Gasteiger partial charge in [-0.1, -0.05) is 56.5 Å². The molecule has 1 rings (SSSR count). The minimum Gasteiger partial charge on any atom is -0.462 e. The molecule has 0 radical (unpaired) electrons. The summed E-state index contributed by atoms with van der Waals surface area (Å²) in [5.41, 5.74) is 5.97. The van der Waals surface area contributed by atoms with Gasteiger partial charge >= 0.3 is 5.97 Å². The van der Waals surface area contributed by atoms with Gasteiger partial charge in [-0.15, -0.1) is 0 Å². The van der Waals surface area contributed by atoms with Gasteiger partial charge in [-0.2, -0.15) is 0 Å². The van der Waals surface area contributed by atoms with Crippen LogP contribution < -0.4 is 5.73 Å². The zero-order valence-electron chi connectivity index (χ0n) is 11.8. The molecule has 1 aromatic rings. The van der Waals surface area contributed by atoms with E-state index in [-0.39, 0.29) is 5.57 Å². The lowest BCUT2D eigenvalue weighted by Crippen LogP contribution is -2.13. The number of nitrogens with two attached hydrogens (primary N) is 1. The fraction of sp³-hybridized carbons (Fsp3) is 0.375. The summed E-state index contributed by atoms with van der Waals surface area (Å²) in [4.78, 5) is 23.1. The number of hydrogen-bond donors (Lipinski definition) is 1. The third kappa shape index (κ3) is 5.69. The molecule has 108 valence electrons. The van der Waals surface area contributed by atoms with Crippen molar-refractivity contribution in [3.8, 4) is 0 Å². The maximum absolute atomic E-state index is 12.0. The molecular weight excluding hydrogens is 254 g/mol. The molecule has 0 aliphatic rings. The molecule has 0 fully saturated rings. The van der Waals surface area contributed by atoms with Crippen molar-refractivity contribution in [1.29, 1.82) is 0 Å². The molecular formula is C16H21NO3. The van der Waals surface area contributed by atoms with Crippen molar-refractivity contribution in [2.24, 2.45) is 5.73 Å². The van der Waals surface area contributed by atoms with Gasteiger partial charge in [0.2, 0.25) is 5.91 Å². The highest BCUT2D eigenvalue weighted by Crippen LogP contribution is 2.16. The Labute approximate surface area is 119 Å². The second kappa shape index (κ2) is 8.91. The molecule has 0 atom stereocenters. The number of carbonyl (C=O) groups excluding carboxylic acids is 2. The lowest BCUT2D eigenvalue weighted by molar-refractivity contribution is -0.136. The highest BCUT2D eigenvalue weighted by molar-refractivity contribution is 6.20. The predicted octanol–water partition coefficient (Wildman–Crippen LogP) is 2.68. The first-order valence-electron chi connectivity index (χ1n) is 6.88. The SMILES string of the molecule is CCCCCCOC(=O)C(=CC(N)=O)c1ccccc1. The molecule has 4 heteroatoms. The van der Waals surface area contributed by atoms with Gasteiger partial charge in [-0.05, 0) is 12.0 Å². The van der Waals surface area contributed by atoms with Gasteiger partial charge in [-0.25, -0.2) is 4.79 Å². The summed E-state index contributed by atoms with van der Waals surface area (Å²) in [6.07, 6.45) is 5.23. The molecule has 20 heavy (non-hydrogen) atoms. The van der Waals surface area contributed by atoms with Crippen LogP contribution in [0.1, 0.15) is 38.2 Å². The smallest absolute Gasteiger partial charge is 0.338 e.